The zero-order valence-corrected chi connectivity index (χ0v) is 14.5. The van der Waals surface area contributed by atoms with Crippen molar-refractivity contribution in [3.05, 3.63) is 54.1 Å². The SMILES string of the molecule is CC(=O)N(C)c1ccc(S(=O)(=O)N(C)c2ccc(CF)cc2)cc1. The lowest BCUT2D eigenvalue weighted by molar-refractivity contribution is -0.116. The van der Waals surface area contributed by atoms with E-state index in [0.29, 0.717) is 16.9 Å². The van der Waals surface area contributed by atoms with Crippen LogP contribution in [0.4, 0.5) is 15.8 Å². The van der Waals surface area contributed by atoms with Crippen LogP contribution in [0.3, 0.4) is 0 Å². The summed E-state index contributed by atoms with van der Waals surface area (Å²) in [7, 11) is -0.683. The van der Waals surface area contributed by atoms with Crippen LogP contribution in [0.2, 0.25) is 0 Å². The van der Waals surface area contributed by atoms with Gasteiger partial charge in [-0.2, -0.15) is 0 Å². The lowest BCUT2D eigenvalue weighted by atomic mass is 10.2. The summed E-state index contributed by atoms with van der Waals surface area (Å²) >= 11 is 0. The summed E-state index contributed by atoms with van der Waals surface area (Å²) in [6.45, 7) is 0.835. The fraction of sp³-hybridized carbons (Fsp3) is 0.235. The predicted molar refractivity (Wildman–Crippen MR) is 92.4 cm³/mol. The molecule has 128 valence electrons. The molecular weight excluding hydrogens is 331 g/mol. The highest BCUT2D eigenvalue weighted by atomic mass is 32.2. The van der Waals surface area contributed by atoms with Crippen LogP contribution < -0.4 is 9.21 Å². The molecule has 1 amide bonds. The molecule has 7 heteroatoms. The molecule has 2 aromatic carbocycles. The number of nitrogens with zero attached hydrogens (tertiary/aromatic N) is 2. The first-order valence-corrected chi connectivity index (χ1v) is 8.69. The molecule has 0 aliphatic rings. The third-order valence-electron chi connectivity index (χ3n) is 3.81. The molecule has 0 heterocycles. The zero-order chi connectivity index (χ0) is 17.9. The number of sulfonamides is 1. The summed E-state index contributed by atoms with van der Waals surface area (Å²) < 4.78 is 39.0. The van der Waals surface area contributed by atoms with Gasteiger partial charge in [-0.25, -0.2) is 12.8 Å². The number of benzene rings is 2. The fourth-order valence-electron chi connectivity index (χ4n) is 2.12. The Hall–Kier alpha value is -2.41. The Morgan fingerprint density at radius 2 is 1.46 bits per heavy atom. The van der Waals surface area contributed by atoms with Crippen LogP contribution in [0.5, 0.6) is 0 Å². The summed E-state index contributed by atoms with van der Waals surface area (Å²) in [5, 5.41) is 0. The molecule has 0 saturated carbocycles. The van der Waals surface area contributed by atoms with Gasteiger partial charge < -0.3 is 4.90 Å². The fourth-order valence-corrected chi connectivity index (χ4v) is 3.31. The third-order valence-corrected chi connectivity index (χ3v) is 5.61. The predicted octanol–water partition coefficient (Wildman–Crippen LogP) is 2.96. The number of carbonyl (C=O) groups is 1. The lowest BCUT2D eigenvalue weighted by Gasteiger charge is -2.20. The number of amides is 1. The number of anilines is 2. The minimum atomic E-state index is -3.74. The molecule has 0 aliphatic carbocycles. The summed E-state index contributed by atoms with van der Waals surface area (Å²) in [5.74, 6) is -0.143. The van der Waals surface area contributed by atoms with Crippen molar-refractivity contribution in [3.63, 3.8) is 0 Å². The highest BCUT2D eigenvalue weighted by Gasteiger charge is 2.21. The minimum absolute atomic E-state index is 0.111. The van der Waals surface area contributed by atoms with Gasteiger partial charge in [0.05, 0.1) is 10.6 Å². The molecule has 0 N–H and O–H groups in total. The first-order valence-electron chi connectivity index (χ1n) is 7.25. The zero-order valence-electron chi connectivity index (χ0n) is 13.7. The average Bonchev–Trinajstić information content (AvgIpc) is 2.60. The Kier molecular flexibility index (Phi) is 5.23. The molecule has 0 spiro atoms. The van der Waals surface area contributed by atoms with E-state index in [0.717, 1.165) is 4.31 Å². The van der Waals surface area contributed by atoms with E-state index in [2.05, 4.69) is 0 Å². The Balaban J connectivity index is 2.30. The van der Waals surface area contributed by atoms with Gasteiger partial charge >= 0.3 is 0 Å². The Morgan fingerprint density at radius 3 is 1.92 bits per heavy atom. The van der Waals surface area contributed by atoms with Gasteiger partial charge in [0.25, 0.3) is 10.0 Å². The van der Waals surface area contributed by atoms with Gasteiger partial charge in [0.1, 0.15) is 6.67 Å². The summed E-state index contributed by atoms with van der Waals surface area (Å²) in [5.41, 5.74) is 1.54. The van der Waals surface area contributed by atoms with E-state index in [1.807, 2.05) is 0 Å². The Bertz CT molecular complexity index is 818. The van der Waals surface area contributed by atoms with Crippen molar-refractivity contribution in [2.75, 3.05) is 23.3 Å². The molecule has 0 atom stereocenters. The summed E-state index contributed by atoms with van der Waals surface area (Å²) in [4.78, 5) is 12.9. The summed E-state index contributed by atoms with van der Waals surface area (Å²) in [6.07, 6.45) is 0. The van der Waals surface area contributed by atoms with Gasteiger partial charge in [-0.3, -0.25) is 9.10 Å². The molecular formula is C17H19FN2O3S. The first-order chi connectivity index (χ1) is 11.3. The van der Waals surface area contributed by atoms with Gasteiger partial charge in [-0.05, 0) is 42.0 Å². The lowest BCUT2D eigenvalue weighted by Crippen LogP contribution is -2.27. The maximum atomic E-state index is 12.7. The van der Waals surface area contributed by atoms with Crippen molar-refractivity contribution in [1.29, 1.82) is 0 Å². The molecule has 0 fully saturated rings. The van der Waals surface area contributed by atoms with Crippen LogP contribution >= 0.6 is 0 Å². The molecule has 0 radical (unpaired) electrons. The molecule has 0 aliphatic heterocycles. The van der Waals surface area contributed by atoms with Crippen molar-refractivity contribution in [2.24, 2.45) is 0 Å². The monoisotopic (exact) mass is 350 g/mol. The highest BCUT2D eigenvalue weighted by Crippen LogP contribution is 2.24. The van der Waals surface area contributed by atoms with E-state index in [1.165, 1.54) is 31.0 Å². The van der Waals surface area contributed by atoms with Crippen molar-refractivity contribution < 1.29 is 17.6 Å². The number of hydrogen-bond acceptors (Lipinski definition) is 3. The minimum Gasteiger partial charge on any atom is -0.316 e. The molecule has 0 bridgehead atoms. The highest BCUT2D eigenvalue weighted by molar-refractivity contribution is 7.92. The molecule has 0 unspecified atom stereocenters. The first kappa shape index (κ1) is 17.9. The second kappa shape index (κ2) is 7.00. The maximum absolute atomic E-state index is 12.7. The van der Waals surface area contributed by atoms with E-state index in [1.54, 1.807) is 43.4 Å². The maximum Gasteiger partial charge on any atom is 0.264 e. The van der Waals surface area contributed by atoms with Crippen LogP contribution in [0.15, 0.2) is 53.4 Å². The standard InChI is InChI=1S/C17H19FN2O3S/c1-13(21)19(2)15-8-10-17(11-9-15)24(22,23)20(3)16-6-4-14(12-18)5-7-16/h4-11H,12H2,1-3H3. The van der Waals surface area contributed by atoms with Crippen molar-refractivity contribution in [2.45, 2.75) is 18.5 Å². The van der Waals surface area contributed by atoms with Gasteiger partial charge in [-0.1, -0.05) is 12.1 Å². The van der Waals surface area contributed by atoms with E-state index in [9.17, 15) is 17.6 Å². The number of carbonyl (C=O) groups excluding carboxylic acids is 1. The summed E-state index contributed by atoms with van der Waals surface area (Å²) in [6, 6.07) is 12.3. The van der Waals surface area contributed by atoms with Gasteiger partial charge in [0.15, 0.2) is 0 Å². The largest absolute Gasteiger partial charge is 0.316 e. The van der Waals surface area contributed by atoms with Crippen LogP contribution in [0.1, 0.15) is 12.5 Å². The molecule has 2 aromatic rings. The molecule has 24 heavy (non-hydrogen) atoms. The van der Waals surface area contributed by atoms with Crippen molar-refractivity contribution in [1.82, 2.24) is 0 Å². The van der Waals surface area contributed by atoms with Crippen molar-refractivity contribution >= 4 is 27.3 Å². The quantitative estimate of drug-likeness (QED) is 0.833. The Labute approximate surface area is 141 Å². The van der Waals surface area contributed by atoms with Crippen LogP contribution in [-0.2, 0) is 21.5 Å². The molecule has 2 rings (SSSR count). The normalized spacial score (nSPS) is 11.2. The topological polar surface area (TPSA) is 57.7 Å². The average molecular weight is 350 g/mol. The van der Waals surface area contributed by atoms with E-state index in [-0.39, 0.29) is 10.8 Å². The van der Waals surface area contributed by atoms with E-state index < -0.39 is 16.7 Å². The molecule has 0 saturated heterocycles. The van der Waals surface area contributed by atoms with Gasteiger partial charge in [-0.15, -0.1) is 0 Å². The smallest absolute Gasteiger partial charge is 0.264 e. The van der Waals surface area contributed by atoms with Crippen molar-refractivity contribution in [3.8, 4) is 0 Å². The van der Waals surface area contributed by atoms with Gasteiger partial charge in [0, 0.05) is 26.7 Å². The molecule has 0 aromatic heterocycles. The number of hydrogen-bond donors (Lipinski definition) is 0. The van der Waals surface area contributed by atoms with Gasteiger partial charge in [0.2, 0.25) is 5.91 Å². The number of halogens is 1. The van der Waals surface area contributed by atoms with E-state index in [4.69, 9.17) is 0 Å². The number of alkyl halides is 1. The number of rotatable bonds is 5. The Morgan fingerprint density at radius 1 is 0.958 bits per heavy atom. The van der Waals surface area contributed by atoms with Crippen LogP contribution in [-0.4, -0.2) is 28.4 Å². The van der Waals surface area contributed by atoms with E-state index >= 15 is 0 Å². The molecule has 5 nitrogen and oxygen atoms in total. The van der Waals surface area contributed by atoms with Crippen LogP contribution in [0, 0.1) is 0 Å². The second-order valence-corrected chi connectivity index (χ2v) is 7.31. The van der Waals surface area contributed by atoms with Crippen LogP contribution in [0.25, 0.3) is 0 Å². The second-order valence-electron chi connectivity index (χ2n) is 5.34. The third kappa shape index (κ3) is 3.56.